The average molecular weight is 304 g/mol. The smallest absolute Gasteiger partial charge is 0.129 e. The summed E-state index contributed by atoms with van der Waals surface area (Å²) in [5.74, 6) is -0.210. The van der Waals surface area contributed by atoms with Crippen LogP contribution in [0.5, 0.6) is 0 Å². The Morgan fingerprint density at radius 1 is 1.41 bits per heavy atom. The predicted octanol–water partition coefficient (Wildman–Crippen LogP) is 3.66. The normalized spacial score (nSPS) is 13.1. The van der Waals surface area contributed by atoms with Crippen molar-refractivity contribution in [2.75, 3.05) is 13.2 Å². The van der Waals surface area contributed by atoms with Gasteiger partial charge in [0, 0.05) is 10.0 Å². The summed E-state index contributed by atoms with van der Waals surface area (Å²) in [5.41, 5.74) is 0.634. The number of hydrogen-bond donors (Lipinski definition) is 1. The van der Waals surface area contributed by atoms with E-state index in [0.29, 0.717) is 12.2 Å². The second-order valence-corrected chi connectivity index (χ2v) is 4.98. The molecule has 0 aliphatic carbocycles. The molecular formula is C13H19BrFNO. The molecule has 0 bridgehead atoms. The van der Waals surface area contributed by atoms with E-state index in [4.69, 9.17) is 4.74 Å². The number of likely N-dealkylation sites (N-methyl/N-ethyl adjacent to an activating group) is 1. The van der Waals surface area contributed by atoms with E-state index in [-0.39, 0.29) is 18.0 Å². The molecule has 96 valence electrons. The van der Waals surface area contributed by atoms with Crippen molar-refractivity contribution in [2.45, 2.75) is 32.9 Å². The van der Waals surface area contributed by atoms with Crippen molar-refractivity contribution in [1.29, 1.82) is 0 Å². The molecule has 0 heterocycles. The lowest BCUT2D eigenvalue weighted by Crippen LogP contribution is -2.27. The number of nitrogens with one attached hydrogen (secondary N) is 1. The van der Waals surface area contributed by atoms with Crippen LogP contribution in [-0.2, 0) is 4.74 Å². The topological polar surface area (TPSA) is 21.3 Å². The first kappa shape index (κ1) is 14.6. The first-order valence-electron chi connectivity index (χ1n) is 5.85. The van der Waals surface area contributed by atoms with Crippen molar-refractivity contribution in [3.8, 4) is 0 Å². The highest BCUT2D eigenvalue weighted by Gasteiger charge is 2.18. The van der Waals surface area contributed by atoms with Gasteiger partial charge in [0.05, 0.1) is 18.8 Å². The third kappa shape index (κ3) is 4.37. The van der Waals surface area contributed by atoms with Crippen LogP contribution in [0.3, 0.4) is 0 Å². The van der Waals surface area contributed by atoms with Crippen LogP contribution in [0.1, 0.15) is 32.4 Å². The van der Waals surface area contributed by atoms with E-state index >= 15 is 0 Å². The van der Waals surface area contributed by atoms with Gasteiger partial charge in [0.15, 0.2) is 0 Å². The zero-order valence-electron chi connectivity index (χ0n) is 10.5. The summed E-state index contributed by atoms with van der Waals surface area (Å²) in [7, 11) is 0. The van der Waals surface area contributed by atoms with Crippen molar-refractivity contribution in [3.63, 3.8) is 0 Å². The maximum absolute atomic E-state index is 13.8. The Labute approximate surface area is 111 Å². The molecule has 0 saturated heterocycles. The minimum Gasteiger partial charge on any atom is -0.377 e. The fourth-order valence-electron chi connectivity index (χ4n) is 1.62. The molecule has 1 N–H and O–H groups in total. The molecule has 4 heteroatoms. The minimum atomic E-state index is -0.210. The van der Waals surface area contributed by atoms with Crippen molar-refractivity contribution in [2.24, 2.45) is 0 Å². The van der Waals surface area contributed by atoms with Gasteiger partial charge >= 0.3 is 0 Å². The van der Waals surface area contributed by atoms with Gasteiger partial charge in [0.25, 0.3) is 0 Å². The lowest BCUT2D eigenvalue weighted by Gasteiger charge is -2.21. The number of hydrogen-bond acceptors (Lipinski definition) is 2. The molecule has 2 nitrogen and oxygen atoms in total. The Kier molecular flexibility index (Phi) is 6.09. The first-order valence-corrected chi connectivity index (χ1v) is 6.64. The Morgan fingerprint density at radius 3 is 2.65 bits per heavy atom. The van der Waals surface area contributed by atoms with E-state index in [1.165, 1.54) is 6.07 Å². The van der Waals surface area contributed by atoms with Gasteiger partial charge in [-0.05, 0) is 32.5 Å². The van der Waals surface area contributed by atoms with Gasteiger partial charge in [0.2, 0.25) is 0 Å². The number of rotatable bonds is 6. The molecule has 0 fully saturated rings. The van der Waals surface area contributed by atoms with Crippen LogP contribution in [0.2, 0.25) is 0 Å². The van der Waals surface area contributed by atoms with Crippen molar-refractivity contribution in [3.05, 3.63) is 34.1 Å². The fourth-order valence-corrected chi connectivity index (χ4v) is 2.24. The van der Waals surface area contributed by atoms with E-state index in [1.54, 1.807) is 6.07 Å². The molecule has 1 unspecified atom stereocenters. The summed E-state index contributed by atoms with van der Waals surface area (Å²) in [4.78, 5) is 0. The quantitative estimate of drug-likeness (QED) is 0.866. The lowest BCUT2D eigenvalue weighted by atomic mass is 10.1. The molecule has 0 amide bonds. The second kappa shape index (κ2) is 7.09. The molecule has 0 aliphatic heterocycles. The molecule has 0 aliphatic rings. The van der Waals surface area contributed by atoms with Crippen molar-refractivity contribution in [1.82, 2.24) is 5.32 Å². The predicted molar refractivity (Wildman–Crippen MR) is 71.6 cm³/mol. The third-order valence-corrected chi connectivity index (χ3v) is 3.09. The van der Waals surface area contributed by atoms with Crippen LogP contribution in [-0.4, -0.2) is 19.3 Å². The Balaban J connectivity index is 2.88. The number of ether oxygens (including phenoxy) is 1. The van der Waals surface area contributed by atoms with Crippen molar-refractivity contribution < 1.29 is 9.13 Å². The van der Waals surface area contributed by atoms with Crippen LogP contribution >= 0.6 is 15.9 Å². The summed E-state index contributed by atoms with van der Waals surface area (Å²) in [5, 5.41) is 3.24. The van der Waals surface area contributed by atoms with Gasteiger partial charge in [-0.1, -0.05) is 28.9 Å². The molecule has 1 atom stereocenters. The van der Waals surface area contributed by atoms with Crippen LogP contribution < -0.4 is 5.32 Å². The van der Waals surface area contributed by atoms with E-state index in [9.17, 15) is 4.39 Å². The molecule has 0 spiro atoms. The molecule has 1 aromatic rings. The summed E-state index contributed by atoms with van der Waals surface area (Å²) >= 11 is 3.39. The lowest BCUT2D eigenvalue weighted by molar-refractivity contribution is 0.0606. The first-order chi connectivity index (χ1) is 8.06. The highest BCUT2D eigenvalue weighted by molar-refractivity contribution is 9.10. The Bertz CT molecular complexity index is 337. The molecule has 17 heavy (non-hydrogen) atoms. The SMILES string of the molecule is CCNC(COC(C)C)c1c(F)cccc1Br. The molecule has 1 aromatic carbocycles. The largest absolute Gasteiger partial charge is 0.377 e. The van der Waals surface area contributed by atoms with E-state index in [0.717, 1.165) is 11.0 Å². The zero-order chi connectivity index (χ0) is 12.8. The summed E-state index contributed by atoms with van der Waals surface area (Å²) in [6, 6.07) is 4.88. The average Bonchev–Trinajstić information content (AvgIpc) is 2.25. The van der Waals surface area contributed by atoms with Crippen LogP contribution in [0.4, 0.5) is 4.39 Å². The third-order valence-electron chi connectivity index (χ3n) is 2.39. The van der Waals surface area contributed by atoms with Crippen LogP contribution in [0.15, 0.2) is 22.7 Å². The van der Waals surface area contributed by atoms with Gasteiger partial charge < -0.3 is 10.1 Å². The standard InChI is InChI=1S/C13H19BrFNO/c1-4-16-12(8-17-9(2)3)13-10(14)6-5-7-11(13)15/h5-7,9,12,16H,4,8H2,1-3H3. The van der Waals surface area contributed by atoms with Gasteiger partial charge in [0.1, 0.15) is 5.82 Å². The van der Waals surface area contributed by atoms with Crippen LogP contribution in [0.25, 0.3) is 0 Å². The van der Waals surface area contributed by atoms with Gasteiger partial charge in [-0.2, -0.15) is 0 Å². The zero-order valence-corrected chi connectivity index (χ0v) is 12.1. The van der Waals surface area contributed by atoms with E-state index in [2.05, 4.69) is 21.2 Å². The monoisotopic (exact) mass is 303 g/mol. The van der Waals surface area contributed by atoms with Crippen LogP contribution in [0, 0.1) is 5.82 Å². The van der Waals surface area contributed by atoms with Gasteiger partial charge in [-0.3, -0.25) is 0 Å². The van der Waals surface area contributed by atoms with Crippen molar-refractivity contribution >= 4 is 15.9 Å². The maximum Gasteiger partial charge on any atom is 0.129 e. The number of benzene rings is 1. The fraction of sp³-hybridized carbons (Fsp3) is 0.538. The molecule has 0 saturated carbocycles. The van der Waals surface area contributed by atoms with Gasteiger partial charge in [-0.25, -0.2) is 4.39 Å². The maximum atomic E-state index is 13.8. The molecule has 0 aromatic heterocycles. The Morgan fingerprint density at radius 2 is 2.12 bits per heavy atom. The van der Waals surface area contributed by atoms with Gasteiger partial charge in [-0.15, -0.1) is 0 Å². The van der Waals surface area contributed by atoms with E-state index < -0.39 is 0 Å². The van der Waals surface area contributed by atoms with E-state index in [1.807, 2.05) is 26.8 Å². The summed E-state index contributed by atoms with van der Waals surface area (Å²) in [6.45, 7) is 7.17. The second-order valence-electron chi connectivity index (χ2n) is 4.13. The summed E-state index contributed by atoms with van der Waals surface area (Å²) in [6.07, 6.45) is 0.140. The highest BCUT2D eigenvalue weighted by Crippen LogP contribution is 2.26. The molecule has 0 radical (unpaired) electrons. The molecule has 1 rings (SSSR count). The molecular weight excluding hydrogens is 285 g/mol. The number of halogens is 2. The minimum absolute atomic E-state index is 0.127. The Hall–Kier alpha value is -0.450. The summed E-state index contributed by atoms with van der Waals surface area (Å²) < 4.78 is 20.2. The highest BCUT2D eigenvalue weighted by atomic mass is 79.9.